The van der Waals surface area contributed by atoms with Gasteiger partial charge in [0.25, 0.3) is 0 Å². The van der Waals surface area contributed by atoms with Crippen molar-refractivity contribution < 1.29 is 13.2 Å². The summed E-state index contributed by atoms with van der Waals surface area (Å²) in [5.41, 5.74) is 4.65. The molecule has 15 heteroatoms. The van der Waals surface area contributed by atoms with E-state index in [1.165, 1.54) is 36.4 Å². The van der Waals surface area contributed by atoms with Gasteiger partial charge in [0.05, 0.1) is 23.8 Å². The van der Waals surface area contributed by atoms with E-state index in [2.05, 4.69) is 25.4 Å². The van der Waals surface area contributed by atoms with E-state index < -0.39 is 35.4 Å². The van der Waals surface area contributed by atoms with Crippen molar-refractivity contribution in [3.05, 3.63) is 91.0 Å². The van der Waals surface area contributed by atoms with Crippen molar-refractivity contribution in [1.29, 1.82) is 0 Å². The van der Waals surface area contributed by atoms with Crippen LogP contribution in [-0.4, -0.2) is 42.1 Å². The van der Waals surface area contributed by atoms with Crippen molar-refractivity contribution in [2.45, 2.75) is 13.1 Å². The number of benzene rings is 2. The van der Waals surface area contributed by atoms with E-state index in [0.29, 0.717) is 23.4 Å². The Bertz CT molecular complexity index is 1650. The summed E-state index contributed by atoms with van der Waals surface area (Å²) in [6.45, 7) is -0.950. The molecule has 2 aromatic carbocycles. The number of aromatic nitrogens is 6. The van der Waals surface area contributed by atoms with E-state index in [0.717, 1.165) is 9.13 Å². The molecule has 0 amide bonds. The van der Waals surface area contributed by atoms with Crippen LogP contribution >= 0.6 is 11.6 Å². The van der Waals surface area contributed by atoms with Crippen LogP contribution in [0.5, 0.6) is 0 Å². The lowest BCUT2D eigenvalue weighted by molar-refractivity contribution is 0.485. The molecule has 0 aliphatic carbocycles. The van der Waals surface area contributed by atoms with Crippen LogP contribution in [0.3, 0.4) is 0 Å². The summed E-state index contributed by atoms with van der Waals surface area (Å²) in [6, 6.07) is 3.90. The lowest BCUT2D eigenvalue weighted by Crippen LogP contribution is -2.43. The van der Waals surface area contributed by atoms with Crippen LogP contribution in [0.1, 0.15) is 17.0 Å². The zero-order valence-electron chi connectivity index (χ0n) is 19.4. The Hall–Kier alpha value is -4.46. The van der Waals surface area contributed by atoms with Crippen LogP contribution in [0.15, 0.2) is 45.2 Å². The third kappa shape index (κ3) is 5.38. The molecule has 0 saturated heterocycles. The van der Waals surface area contributed by atoms with Gasteiger partial charge in [-0.15, -0.1) is 0 Å². The molecule has 0 saturated carbocycles. The number of anilines is 3. The van der Waals surface area contributed by atoms with E-state index >= 15 is 0 Å². The standard InChI is InChI=1S/C22H19ClF3N9O2/c1-28-7-11-4-18(13(23)5-17(11)27)30-20-31-21(36)35(9-19-29-10-33(2)32-19)22(37)34(20)8-12-3-15(25)16(26)6-14(12)24/h3-7,10H,8-9,27H2,1-2H3,(H,30,31,36). The number of nitrogens with one attached hydrogen (secondary N) is 1. The molecule has 0 unspecified atom stereocenters. The Balaban J connectivity index is 1.87. The predicted molar refractivity (Wildman–Crippen MR) is 131 cm³/mol. The number of nitrogens with zero attached hydrogens (tertiary/aromatic N) is 7. The first-order valence-electron chi connectivity index (χ1n) is 10.5. The molecule has 2 aromatic heterocycles. The number of nitrogens with two attached hydrogens (primary N) is 1. The van der Waals surface area contributed by atoms with Gasteiger partial charge in [-0.05, 0) is 18.2 Å². The number of hydrogen-bond donors (Lipinski definition) is 2. The number of hydrogen-bond acceptors (Lipinski definition) is 8. The lowest BCUT2D eigenvalue weighted by Gasteiger charge is -2.17. The van der Waals surface area contributed by atoms with Gasteiger partial charge >= 0.3 is 11.4 Å². The Morgan fingerprint density at radius 2 is 1.81 bits per heavy atom. The highest BCUT2D eigenvalue weighted by atomic mass is 35.5. The van der Waals surface area contributed by atoms with Gasteiger partial charge < -0.3 is 11.1 Å². The van der Waals surface area contributed by atoms with Gasteiger partial charge in [0.1, 0.15) is 12.1 Å². The van der Waals surface area contributed by atoms with Crippen LogP contribution in [-0.2, 0) is 20.1 Å². The first-order chi connectivity index (χ1) is 17.6. The largest absolute Gasteiger partial charge is 0.398 e. The molecule has 0 spiro atoms. The van der Waals surface area contributed by atoms with Crippen molar-refractivity contribution in [1.82, 2.24) is 28.9 Å². The summed E-state index contributed by atoms with van der Waals surface area (Å²) in [5, 5.41) is 6.93. The predicted octanol–water partition coefficient (Wildman–Crippen LogP) is 2.08. The van der Waals surface area contributed by atoms with Crippen molar-refractivity contribution >= 4 is 35.1 Å². The maximum absolute atomic E-state index is 14.5. The Kier molecular flexibility index (Phi) is 7.11. The molecule has 0 fully saturated rings. The average molecular weight is 534 g/mol. The normalized spacial score (nSPS) is 11.4. The SMILES string of the molecule is CN=Cc1cc(Nc2nc(=O)n(Cc3ncn(C)n3)c(=O)n2Cc2cc(F)c(F)cc2F)c(Cl)cc1N. The molecule has 3 N–H and O–H groups in total. The zero-order valence-corrected chi connectivity index (χ0v) is 20.2. The lowest BCUT2D eigenvalue weighted by atomic mass is 10.1. The van der Waals surface area contributed by atoms with Crippen LogP contribution in [0, 0.1) is 17.5 Å². The van der Waals surface area contributed by atoms with Gasteiger partial charge in [-0.3, -0.25) is 14.2 Å². The van der Waals surface area contributed by atoms with Gasteiger partial charge in [0, 0.05) is 43.2 Å². The van der Waals surface area contributed by atoms with Gasteiger partial charge in [0.2, 0.25) is 5.95 Å². The Labute approximate surface area is 211 Å². The first kappa shape index (κ1) is 25.6. The highest BCUT2D eigenvalue weighted by Crippen LogP contribution is 2.29. The summed E-state index contributed by atoms with van der Waals surface area (Å²) < 4.78 is 44.8. The molecular formula is C22H19ClF3N9O2. The van der Waals surface area contributed by atoms with Crippen molar-refractivity contribution in [2.75, 3.05) is 18.1 Å². The minimum absolute atomic E-state index is 0.118. The molecule has 0 aliphatic rings. The molecule has 0 bridgehead atoms. The van der Waals surface area contributed by atoms with Gasteiger partial charge in [-0.2, -0.15) is 10.1 Å². The number of aryl methyl sites for hydroxylation is 1. The smallest absolute Gasteiger partial charge is 0.355 e. The summed E-state index contributed by atoms with van der Waals surface area (Å²) >= 11 is 6.29. The van der Waals surface area contributed by atoms with Crippen LogP contribution in [0.2, 0.25) is 5.02 Å². The van der Waals surface area contributed by atoms with Crippen LogP contribution < -0.4 is 22.4 Å². The van der Waals surface area contributed by atoms with E-state index in [4.69, 9.17) is 17.3 Å². The van der Waals surface area contributed by atoms with Gasteiger partial charge in [-0.25, -0.2) is 32.3 Å². The Morgan fingerprint density at radius 3 is 2.49 bits per heavy atom. The maximum atomic E-state index is 14.5. The van der Waals surface area contributed by atoms with E-state index in [-0.39, 0.29) is 34.6 Å². The minimum Gasteiger partial charge on any atom is -0.398 e. The second kappa shape index (κ2) is 10.3. The summed E-state index contributed by atoms with van der Waals surface area (Å²) in [5.74, 6) is -4.01. The van der Waals surface area contributed by atoms with Gasteiger partial charge in [0.15, 0.2) is 17.5 Å². The van der Waals surface area contributed by atoms with Crippen LogP contribution in [0.4, 0.5) is 30.5 Å². The number of rotatable bonds is 7. The fraction of sp³-hybridized carbons (Fsp3) is 0.182. The summed E-state index contributed by atoms with van der Waals surface area (Å²) in [4.78, 5) is 38.0. The minimum atomic E-state index is -1.39. The molecule has 4 rings (SSSR count). The highest BCUT2D eigenvalue weighted by Gasteiger charge is 2.19. The molecule has 2 heterocycles. The zero-order chi connectivity index (χ0) is 26.9. The second-order valence-electron chi connectivity index (χ2n) is 7.84. The molecule has 0 atom stereocenters. The van der Waals surface area contributed by atoms with Crippen molar-refractivity contribution in [3.63, 3.8) is 0 Å². The molecule has 37 heavy (non-hydrogen) atoms. The Morgan fingerprint density at radius 1 is 1.08 bits per heavy atom. The maximum Gasteiger partial charge on any atom is 0.355 e. The van der Waals surface area contributed by atoms with Crippen LogP contribution in [0.25, 0.3) is 0 Å². The van der Waals surface area contributed by atoms with E-state index in [1.54, 1.807) is 7.05 Å². The molecular weight excluding hydrogens is 515 g/mol. The highest BCUT2D eigenvalue weighted by molar-refractivity contribution is 6.33. The third-order valence-corrected chi connectivity index (χ3v) is 5.51. The topological polar surface area (TPSA) is 138 Å². The van der Waals surface area contributed by atoms with Gasteiger partial charge in [-0.1, -0.05) is 11.6 Å². The number of halogens is 4. The monoisotopic (exact) mass is 533 g/mol. The fourth-order valence-corrected chi connectivity index (χ4v) is 3.65. The number of aliphatic imine (C=N–C) groups is 1. The molecule has 192 valence electrons. The number of nitrogen functional groups attached to an aromatic ring is 1. The van der Waals surface area contributed by atoms with E-state index in [1.807, 2.05) is 0 Å². The second-order valence-corrected chi connectivity index (χ2v) is 8.25. The molecule has 0 radical (unpaired) electrons. The average Bonchev–Trinajstić information content (AvgIpc) is 3.25. The first-order valence-corrected chi connectivity index (χ1v) is 10.9. The van der Waals surface area contributed by atoms with Crippen molar-refractivity contribution in [2.24, 2.45) is 12.0 Å². The van der Waals surface area contributed by atoms with Crippen molar-refractivity contribution in [3.8, 4) is 0 Å². The summed E-state index contributed by atoms with van der Waals surface area (Å²) in [6.07, 6.45) is 2.84. The quantitative estimate of drug-likeness (QED) is 0.211. The third-order valence-electron chi connectivity index (χ3n) is 5.20. The molecule has 11 nitrogen and oxygen atoms in total. The molecule has 0 aliphatic heterocycles. The van der Waals surface area contributed by atoms with E-state index in [9.17, 15) is 22.8 Å². The molecule has 4 aromatic rings. The summed E-state index contributed by atoms with van der Waals surface area (Å²) in [7, 11) is 3.13. The fourth-order valence-electron chi connectivity index (χ4n) is 3.43.